The molecule has 1 saturated carbocycles. The summed E-state index contributed by atoms with van der Waals surface area (Å²) in [7, 11) is 0. The highest BCUT2D eigenvalue weighted by Gasteiger charge is 2.46. The van der Waals surface area contributed by atoms with Gasteiger partial charge in [-0.1, -0.05) is 0 Å². The van der Waals surface area contributed by atoms with E-state index in [0.717, 1.165) is 30.6 Å². The Morgan fingerprint density at radius 3 is 2.44 bits per heavy atom. The number of ether oxygens (including phenoxy) is 1. The summed E-state index contributed by atoms with van der Waals surface area (Å²) in [5, 5.41) is 4.64. The van der Waals surface area contributed by atoms with Gasteiger partial charge in [-0.3, -0.25) is 34.7 Å². The summed E-state index contributed by atoms with van der Waals surface area (Å²) in [4.78, 5) is 61.1. The third kappa shape index (κ3) is 3.05. The van der Waals surface area contributed by atoms with E-state index in [9.17, 15) is 24.0 Å². The van der Waals surface area contributed by atoms with Crippen LogP contribution in [0.15, 0.2) is 18.2 Å². The molecule has 1 saturated heterocycles. The van der Waals surface area contributed by atoms with Crippen molar-refractivity contribution >= 4 is 35.4 Å². The van der Waals surface area contributed by atoms with E-state index in [0.29, 0.717) is 5.69 Å². The van der Waals surface area contributed by atoms with Crippen LogP contribution in [0.2, 0.25) is 0 Å². The van der Waals surface area contributed by atoms with Crippen molar-refractivity contribution in [2.75, 3.05) is 5.32 Å². The Morgan fingerprint density at radius 1 is 1.07 bits per heavy atom. The first-order chi connectivity index (χ1) is 12.9. The van der Waals surface area contributed by atoms with Gasteiger partial charge in [0.25, 0.3) is 11.8 Å². The Bertz CT molecular complexity index is 874. The first-order valence-electron chi connectivity index (χ1n) is 8.77. The maximum Gasteiger partial charge on any atom is 0.411 e. The zero-order valence-electron chi connectivity index (χ0n) is 14.3. The summed E-state index contributed by atoms with van der Waals surface area (Å²) in [6.45, 7) is 0. The molecule has 1 atom stereocenters. The molecule has 1 aromatic rings. The van der Waals surface area contributed by atoms with Gasteiger partial charge in [0.2, 0.25) is 11.8 Å². The van der Waals surface area contributed by atoms with Gasteiger partial charge >= 0.3 is 6.09 Å². The van der Waals surface area contributed by atoms with Crippen LogP contribution in [0.4, 0.5) is 10.5 Å². The number of carbonyl (C=O) groups is 5. The molecular weight excluding hydrogens is 354 g/mol. The fourth-order valence-corrected chi connectivity index (χ4v) is 3.67. The van der Waals surface area contributed by atoms with Gasteiger partial charge in [0, 0.05) is 5.69 Å². The second kappa shape index (κ2) is 6.49. The van der Waals surface area contributed by atoms with Gasteiger partial charge in [-0.15, -0.1) is 0 Å². The molecule has 0 spiro atoms. The molecule has 0 radical (unpaired) electrons. The topological polar surface area (TPSA) is 122 Å². The number of hydrogen-bond donors (Lipinski definition) is 2. The van der Waals surface area contributed by atoms with Crippen molar-refractivity contribution in [1.29, 1.82) is 0 Å². The number of nitrogens with zero attached hydrogens (tertiary/aromatic N) is 1. The van der Waals surface area contributed by atoms with Crippen molar-refractivity contribution in [3.8, 4) is 0 Å². The second-order valence-electron chi connectivity index (χ2n) is 6.81. The zero-order valence-corrected chi connectivity index (χ0v) is 14.3. The van der Waals surface area contributed by atoms with Gasteiger partial charge in [0.1, 0.15) is 12.1 Å². The molecule has 5 amide bonds. The van der Waals surface area contributed by atoms with Crippen LogP contribution in [0.5, 0.6) is 0 Å². The predicted octanol–water partition coefficient (Wildman–Crippen LogP) is 1.19. The lowest BCUT2D eigenvalue weighted by atomic mass is 10.1. The monoisotopic (exact) mass is 371 g/mol. The fraction of sp³-hybridized carbons (Fsp3) is 0.389. The fourth-order valence-electron chi connectivity index (χ4n) is 3.67. The van der Waals surface area contributed by atoms with Crippen LogP contribution in [0, 0.1) is 0 Å². The minimum Gasteiger partial charge on any atom is -0.446 e. The molecule has 2 N–H and O–H groups in total. The molecule has 2 fully saturated rings. The molecule has 0 aromatic heterocycles. The molecule has 9 heteroatoms. The summed E-state index contributed by atoms with van der Waals surface area (Å²) >= 11 is 0. The predicted molar refractivity (Wildman–Crippen MR) is 90.9 cm³/mol. The van der Waals surface area contributed by atoms with E-state index in [1.165, 1.54) is 18.2 Å². The minimum atomic E-state index is -1.14. The number of anilines is 1. The van der Waals surface area contributed by atoms with Gasteiger partial charge < -0.3 is 4.74 Å². The first kappa shape index (κ1) is 17.2. The Morgan fingerprint density at radius 2 is 1.78 bits per heavy atom. The average molecular weight is 371 g/mol. The third-order valence-electron chi connectivity index (χ3n) is 5.00. The Hall–Kier alpha value is -3.23. The van der Waals surface area contributed by atoms with E-state index in [1.54, 1.807) is 0 Å². The lowest BCUT2D eigenvalue weighted by molar-refractivity contribution is -0.125. The zero-order chi connectivity index (χ0) is 19.1. The van der Waals surface area contributed by atoms with Crippen LogP contribution < -0.4 is 10.6 Å². The number of fused-ring (bicyclic) bond motifs is 1. The largest absolute Gasteiger partial charge is 0.446 e. The summed E-state index contributed by atoms with van der Waals surface area (Å²) in [5.41, 5.74) is 0.513. The SMILES string of the molecule is O=C1CC(N2C(=O)c3ccc(NC(=O)OC4CCCC4)cc3C2=O)C(=O)N1. The van der Waals surface area contributed by atoms with Crippen LogP contribution in [-0.2, 0) is 14.3 Å². The highest BCUT2D eigenvalue weighted by atomic mass is 16.6. The van der Waals surface area contributed by atoms with Gasteiger partial charge in [0.05, 0.1) is 17.5 Å². The number of amides is 5. The number of rotatable bonds is 3. The molecule has 1 aromatic carbocycles. The molecule has 4 rings (SSSR count). The van der Waals surface area contributed by atoms with E-state index in [4.69, 9.17) is 4.74 Å². The van der Waals surface area contributed by atoms with Gasteiger partial charge in [0.15, 0.2) is 0 Å². The molecule has 1 unspecified atom stereocenters. The van der Waals surface area contributed by atoms with Crippen molar-refractivity contribution in [3.05, 3.63) is 29.3 Å². The van der Waals surface area contributed by atoms with Crippen molar-refractivity contribution in [2.24, 2.45) is 0 Å². The quantitative estimate of drug-likeness (QED) is 0.770. The molecule has 140 valence electrons. The molecule has 1 aliphatic carbocycles. The van der Waals surface area contributed by atoms with Crippen LogP contribution in [0.1, 0.15) is 52.8 Å². The van der Waals surface area contributed by atoms with E-state index >= 15 is 0 Å². The molecule has 3 aliphatic rings. The maximum atomic E-state index is 12.6. The lowest BCUT2D eigenvalue weighted by Crippen LogP contribution is -2.44. The summed E-state index contributed by atoms with van der Waals surface area (Å²) in [6, 6.07) is 3.13. The summed E-state index contributed by atoms with van der Waals surface area (Å²) < 4.78 is 5.31. The molecule has 0 bridgehead atoms. The standard InChI is InChI=1S/C18H17N3O6/c22-14-8-13(15(23)20-14)21-16(24)11-6-5-9(7-12(11)17(21)25)19-18(26)27-10-3-1-2-4-10/h5-7,10,13H,1-4,8H2,(H,19,26)(H,20,22,23). The molecule has 9 nitrogen and oxygen atoms in total. The molecule has 2 heterocycles. The minimum absolute atomic E-state index is 0.0748. The summed E-state index contributed by atoms with van der Waals surface area (Å²) in [5.74, 6) is -2.51. The van der Waals surface area contributed by atoms with Crippen molar-refractivity contribution in [2.45, 2.75) is 44.2 Å². The maximum absolute atomic E-state index is 12.6. The van der Waals surface area contributed by atoms with Crippen LogP contribution in [0.3, 0.4) is 0 Å². The average Bonchev–Trinajstić information content (AvgIpc) is 3.29. The number of carbonyl (C=O) groups excluding carboxylic acids is 5. The number of benzene rings is 1. The van der Waals surface area contributed by atoms with Crippen molar-refractivity contribution < 1.29 is 28.7 Å². The third-order valence-corrected chi connectivity index (χ3v) is 5.00. The van der Waals surface area contributed by atoms with Crippen molar-refractivity contribution in [3.63, 3.8) is 0 Å². The van der Waals surface area contributed by atoms with Gasteiger partial charge in [-0.2, -0.15) is 0 Å². The summed E-state index contributed by atoms with van der Waals surface area (Å²) in [6.07, 6.45) is 2.76. The Kier molecular flexibility index (Phi) is 4.14. The van der Waals surface area contributed by atoms with Gasteiger partial charge in [-0.05, 0) is 43.9 Å². The molecular formula is C18H17N3O6. The highest BCUT2D eigenvalue weighted by molar-refractivity contribution is 6.24. The van der Waals surface area contributed by atoms with E-state index < -0.39 is 35.8 Å². The van der Waals surface area contributed by atoms with Crippen LogP contribution in [-0.4, -0.2) is 46.8 Å². The number of hydrogen-bond acceptors (Lipinski definition) is 6. The lowest BCUT2D eigenvalue weighted by Gasteiger charge is -2.18. The van der Waals surface area contributed by atoms with E-state index in [-0.39, 0.29) is 23.7 Å². The van der Waals surface area contributed by atoms with Crippen LogP contribution in [0.25, 0.3) is 0 Å². The molecule has 2 aliphatic heterocycles. The Labute approximate surface area is 154 Å². The highest BCUT2D eigenvalue weighted by Crippen LogP contribution is 2.29. The normalized spacial score (nSPS) is 22.2. The van der Waals surface area contributed by atoms with Crippen molar-refractivity contribution in [1.82, 2.24) is 10.2 Å². The van der Waals surface area contributed by atoms with Crippen LogP contribution >= 0.6 is 0 Å². The van der Waals surface area contributed by atoms with E-state index in [1.807, 2.05) is 0 Å². The smallest absolute Gasteiger partial charge is 0.411 e. The number of nitrogens with one attached hydrogen (secondary N) is 2. The number of imide groups is 2. The first-order valence-corrected chi connectivity index (χ1v) is 8.77. The van der Waals surface area contributed by atoms with Gasteiger partial charge in [-0.25, -0.2) is 4.79 Å². The second-order valence-corrected chi connectivity index (χ2v) is 6.81. The molecule has 27 heavy (non-hydrogen) atoms. The Balaban J connectivity index is 1.51. The van der Waals surface area contributed by atoms with E-state index in [2.05, 4.69) is 10.6 Å².